The third-order valence-electron chi connectivity index (χ3n) is 6.11. The predicted octanol–water partition coefficient (Wildman–Crippen LogP) is 0.585. The van der Waals surface area contributed by atoms with Gasteiger partial charge in [0.15, 0.2) is 5.96 Å². The van der Waals surface area contributed by atoms with Crippen LogP contribution in [0.4, 0.5) is 0 Å². The molecule has 1 amide bonds. The van der Waals surface area contributed by atoms with Gasteiger partial charge in [0.05, 0.1) is 5.41 Å². The second kappa shape index (κ2) is 9.45. The van der Waals surface area contributed by atoms with Crippen molar-refractivity contribution in [1.82, 2.24) is 29.9 Å². The van der Waals surface area contributed by atoms with Crippen LogP contribution in [-0.2, 0) is 24.3 Å². The lowest BCUT2D eigenvalue weighted by atomic mass is 9.84. The molecule has 1 aromatic heterocycles. The molecule has 2 aliphatic rings. The number of guanidine groups is 1. The number of carbonyl (C=O) groups excluding carboxylic acids is 1. The Hall–Kier alpha value is -2.32. The van der Waals surface area contributed by atoms with E-state index in [-0.39, 0.29) is 17.0 Å². The lowest BCUT2D eigenvalue weighted by molar-refractivity contribution is -0.138. The number of hydrogen-bond donors (Lipinski definition) is 2. The Morgan fingerprint density at radius 2 is 1.97 bits per heavy atom. The Morgan fingerprint density at radius 1 is 1.21 bits per heavy atom. The van der Waals surface area contributed by atoms with E-state index in [1.807, 2.05) is 14.1 Å². The van der Waals surface area contributed by atoms with E-state index >= 15 is 0 Å². The summed E-state index contributed by atoms with van der Waals surface area (Å²) in [6, 6.07) is 0. The Balaban J connectivity index is 1.47. The molecule has 1 aliphatic carbocycles. The maximum atomic E-state index is 12.7. The molecule has 1 saturated carbocycles. The summed E-state index contributed by atoms with van der Waals surface area (Å²) in [6.07, 6.45) is 7.86. The van der Waals surface area contributed by atoms with Gasteiger partial charge in [0.1, 0.15) is 5.82 Å². The molecule has 1 fully saturated rings. The summed E-state index contributed by atoms with van der Waals surface area (Å²) >= 11 is 0. The lowest BCUT2D eigenvalue weighted by Crippen LogP contribution is -2.49. The second-order valence-corrected chi connectivity index (χ2v) is 8.42. The first-order valence-electron chi connectivity index (χ1n) is 10.8. The third kappa shape index (κ3) is 4.82. The molecule has 0 saturated heterocycles. The van der Waals surface area contributed by atoms with E-state index in [9.17, 15) is 9.59 Å². The Kier molecular flexibility index (Phi) is 6.97. The van der Waals surface area contributed by atoms with Crippen LogP contribution in [0.1, 0.15) is 50.8 Å². The molecule has 2 N–H and O–H groups in total. The summed E-state index contributed by atoms with van der Waals surface area (Å²) < 4.78 is 3.39. The summed E-state index contributed by atoms with van der Waals surface area (Å²) in [7, 11) is 5.38. The number of carbonyl (C=O) groups is 1. The van der Waals surface area contributed by atoms with E-state index in [0.717, 1.165) is 63.7 Å². The first-order chi connectivity index (χ1) is 14.0. The topological polar surface area (TPSA) is 96.5 Å². The van der Waals surface area contributed by atoms with Gasteiger partial charge in [0.25, 0.3) is 0 Å². The van der Waals surface area contributed by atoms with Gasteiger partial charge in [-0.15, -0.1) is 0 Å². The molecule has 1 aromatic rings. The number of aryl methyl sites for hydroxylation is 2. The zero-order valence-electron chi connectivity index (χ0n) is 18.0. The zero-order chi connectivity index (χ0) is 20.9. The Morgan fingerprint density at radius 3 is 2.62 bits per heavy atom. The molecule has 2 heterocycles. The minimum absolute atomic E-state index is 0.00702. The number of hydrogen-bond acceptors (Lipinski definition) is 4. The van der Waals surface area contributed by atoms with Crippen molar-refractivity contribution in [3.63, 3.8) is 0 Å². The fraction of sp³-hybridized carbons (Fsp3) is 0.800. The summed E-state index contributed by atoms with van der Waals surface area (Å²) in [5.74, 6) is 1.81. The van der Waals surface area contributed by atoms with Gasteiger partial charge in [-0.25, -0.2) is 9.48 Å². The molecule has 162 valence electrons. The van der Waals surface area contributed by atoms with Crippen molar-refractivity contribution in [3.8, 4) is 0 Å². The van der Waals surface area contributed by atoms with Crippen molar-refractivity contribution in [3.05, 3.63) is 16.3 Å². The molecule has 9 nitrogen and oxygen atoms in total. The quantitative estimate of drug-likeness (QED) is 0.393. The molecular formula is C20H35N7O2. The van der Waals surface area contributed by atoms with Crippen LogP contribution in [0.3, 0.4) is 0 Å². The van der Waals surface area contributed by atoms with Gasteiger partial charge in [0.2, 0.25) is 5.91 Å². The molecular weight excluding hydrogens is 370 g/mol. The summed E-state index contributed by atoms with van der Waals surface area (Å²) in [5, 5.41) is 11.1. The molecule has 1 aliphatic heterocycles. The molecule has 29 heavy (non-hydrogen) atoms. The van der Waals surface area contributed by atoms with Crippen LogP contribution in [0.25, 0.3) is 0 Å². The SMILES string of the molecule is CN=C(NCCCn1nc2n(c1=O)CCCC2)NCC1(C(=O)N(C)C)CCCC1. The van der Waals surface area contributed by atoms with Crippen LogP contribution in [0.2, 0.25) is 0 Å². The highest BCUT2D eigenvalue weighted by Gasteiger charge is 2.42. The normalized spacial score (nSPS) is 18.4. The minimum atomic E-state index is -0.329. The smallest absolute Gasteiger partial charge is 0.345 e. The number of amides is 1. The molecule has 0 atom stereocenters. The van der Waals surface area contributed by atoms with Crippen molar-refractivity contribution < 1.29 is 4.79 Å². The van der Waals surface area contributed by atoms with Crippen LogP contribution in [0, 0.1) is 5.41 Å². The molecule has 0 bridgehead atoms. The average molecular weight is 406 g/mol. The third-order valence-corrected chi connectivity index (χ3v) is 6.11. The fourth-order valence-corrected chi connectivity index (χ4v) is 4.50. The summed E-state index contributed by atoms with van der Waals surface area (Å²) in [4.78, 5) is 31.0. The average Bonchev–Trinajstić information content (AvgIpc) is 3.33. The van der Waals surface area contributed by atoms with Crippen LogP contribution in [-0.4, -0.2) is 65.3 Å². The van der Waals surface area contributed by atoms with Gasteiger partial charge in [-0.2, -0.15) is 5.10 Å². The number of nitrogens with zero attached hydrogens (tertiary/aromatic N) is 5. The fourth-order valence-electron chi connectivity index (χ4n) is 4.50. The Bertz CT molecular complexity index is 787. The highest BCUT2D eigenvalue weighted by atomic mass is 16.2. The molecule has 0 aromatic carbocycles. The highest BCUT2D eigenvalue weighted by molar-refractivity contribution is 5.85. The van der Waals surface area contributed by atoms with Crippen molar-refractivity contribution >= 4 is 11.9 Å². The van der Waals surface area contributed by atoms with Gasteiger partial charge in [-0.1, -0.05) is 12.8 Å². The van der Waals surface area contributed by atoms with E-state index in [1.165, 1.54) is 0 Å². The number of fused-ring (bicyclic) bond motifs is 1. The molecule has 0 unspecified atom stereocenters. The van der Waals surface area contributed by atoms with Crippen molar-refractivity contribution in [2.24, 2.45) is 10.4 Å². The van der Waals surface area contributed by atoms with E-state index in [2.05, 4.69) is 20.7 Å². The number of nitrogens with one attached hydrogen (secondary N) is 2. The predicted molar refractivity (Wildman–Crippen MR) is 113 cm³/mol. The van der Waals surface area contributed by atoms with Crippen molar-refractivity contribution in [2.75, 3.05) is 34.2 Å². The molecule has 9 heteroatoms. The first kappa shape index (κ1) is 21.4. The van der Waals surface area contributed by atoms with Crippen LogP contribution in [0.5, 0.6) is 0 Å². The summed E-state index contributed by atoms with van der Waals surface area (Å²) in [6.45, 7) is 2.65. The Labute approximate surface area is 172 Å². The van der Waals surface area contributed by atoms with E-state index < -0.39 is 0 Å². The molecule has 3 rings (SSSR count). The van der Waals surface area contributed by atoms with Crippen LogP contribution in [0.15, 0.2) is 9.79 Å². The van der Waals surface area contributed by atoms with E-state index in [1.54, 1.807) is 21.2 Å². The van der Waals surface area contributed by atoms with Crippen molar-refractivity contribution in [2.45, 2.75) is 64.5 Å². The monoisotopic (exact) mass is 405 g/mol. The number of aliphatic imine (C=N–C) groups is 1. The minimum Gasteiger partial charge on any atom is -0.356 e. The van der Waals surface area contributed by atoms with E-state index in [4.69, 9.17) is 0 Å². The zero-order valence-corrected chi connectivity index (χ0v) is 18.0. The molecule has 0 radical (unpaired) electrons. The second-order valence-electron chi connectivity index (χ2n) is 8.42. The number of aromatic nitrogens is 3. The molecule has 0 spiro atoms. The summed E-state index contributed by atoms with van der Waals surface area (Å²) in [5.41, 5.74) is -0.322. The maximum Gasteiger partial charge on any atom is 0.345 e. The van der Waals surface area contributed by atoms with Crippen LogP contribution < -0.4 is 16.3 Å². The van der Waals surface area contributed by atoms with Crippen molar-refractivity contribution in [1.29, 1.82) is 0 Å². The van der Waals surface area contributed by atoms with Gasteiger partial charge >= 0.3 is 5.69 Å². The van der Waals surface area contributed by atoms with Gasteiger partial charge in [-0.3, -0.25) is 14.4 Å². The van der Waals surface area contributed by atoms with Gasteiger partial charge < -0.3 is 15.5 Å². The maximum absolute atomic E-state index is 12.7. The lowest BCUT2D eigenvalue weighted by Gasteiger charge is -2.31. The van der Waals surface area contributed by atoms with Gasteiger partial charge in [-0.05, 0) is 32.1 Å². The van der Waals surface area contributed by atoms with E-state index in [0.29, 0.717) is 25.6 Å². The van der Waals surface area contributed by atoms with Crippen LogP contribution >= 0.6 is 0 Å². The number of rotatable bonds is 7. The highest BCUT2D eigenvalue weighted by Crippen LogP contribution is 2.38. The largest absolute Gasteiger partial charge is 0.356 e. The standard InChI is InChI=1S/C20H35N7O2/c1-21-18(23-15-20(10-5-6-11-20)17(28)25(2)3)22-12-8-14-27-19(29)26-13-7-4-9-16(26)24-27/h4-15H2,1-3H3,(H2,21,22,23). The first-order valence-corrected chi connectivity index (χ1v) is 10.8. The van der Waals surface area contributed by atoms with Gasteiger partial charge in [0, 0.05) is 53.7 Å².